The van der Waals surface area contributed by atoms with Gasteiger partial charge in [0, 0.05) is 12.4 Å². The van der Waals surface area contributed by atoms with Gasteiger partial charge in [-0.3, -0.25) is 0 Å². The van der Waals surface area contributed by atoms with Crippen molar-refractivity contribution >= 4 is 32.8 Å². The fourth-order valence-electron chi connectivity index (χ4n) is 1.08. The van der Waals surface area contributed by atoms with Gasteiger partial charge in [0.25, 0.3) is 0 Å². The first-order valence-electron chi connectivity index (χ1n) is 4.05. The average Bonchev–Trinajstić information content (AvgIpc) is 2.75. The summed E-state index contributed by atoms with van der Waals surface area (Å²) >= 11 is 3.09. The minimum absolute atomic E-state index is 0.741. The Morgan fingerprint density at radius 2 is 2.36 bits per heavy atom. The van der Waals surface area contributed by atoms with Gasteiger partial charge in [-0.1, -0.05) is 11.3 Å². The molecule has 0 amide bonds. The number of nitrogens with two attached hydrogens (primary N) is 1. The monoisotopic (exact) mass is 226 g/mol. The van der Waals surface area contributed by atoms with Gasteiger partial charge in [-0.25, -0.2) is 9.97 Å². The maximum Gasteiger partial charge on any atom is 0.187 e. The van der Waals surface area contributed by atoms with E-state index >= 15 is 0 Å². The van der Waals surface area contributed by atoms with Crippen molar-refractivity contribution < 1.29 is 0 Å². The molecule has 0 aromatic carbocycles. The summed E-state index contributed by atoms with van der Waals surface area (Å²) in [6, 6.07) is 0. The second kappa shape index (κ2) is 3.93. The minimum atomic E-state index is 0.741. The normalized spacial score (nSPS) is 10.4. The lowest BCUT2D eigenvalue weighted by atomic mass is 10.5. The molecule has 0 spiro atoms. The van der Waals surface area contributed by atoms with Gasteiger partial charge in [0.1, 0.15) is 5.00 Å². The summed E-state index contributed by atoms with van der Waals surface area (Å²) in [4.78, 5) is 10.4. The summed E-state index contributed by atoms with van der Waals surface area (Å²) in [6.45, 7) is 0.774. The number of anilines is 2. The average molecular weight is 226 g/mol. The Balaban J connectivity index is 2.06. The van der Waals surface area contributed by atoms with Crippen LogP contribution in [0.1, 0.15) is 5.69 Å². The molecule has 2 rings (SSSR count). The third-order valence-electron chi connectivity index (χ3n) is 1.72. The lowest BCUT2D eigenvalue weighted by molar-refractivity contribution is 0.888. The molecule has 2 aromatic heterocycles. The quantitative estimate of drug-likeness (QED) is 0.867. The second-order valence-electron chi connectivity index (χ2n) is 2.88. The topological polar surface area (TPSA) is 55.0 Å². The van der Waals surface area contributed by atoms with E-state index in [1.165, 1.54) is 11.3 Å². The summed E-state index contributed by atoms with van der Waals surface area (Å²) in [5.41, 5.74) is 8.50. The second-order valence-corrected chi connectivity index (χ2v) is 4.64. The number of rotatable bonds is 3. The predicted octanol–water partition coefficient (Wildman–Crippen LogP) is 1.82. The van der Waals surface area contributed by atoms with Crippen LogP contribution >= 0.6 is 22.7 Å². The first-order chi connectivity index (χ1) is 6.75. The maximum atomic E-state index is 5.61. The van der Waals surface area contributed by atoms with Crippen LogP contribution in [0.4, 0.5) is 10.1 Å². The lowest BCUT2D eigenvalue weighted by Gasteiger charge is -2.13. The third-order valence-corrected chi connectivity index (χ3v) is 3.30. The molecule has 2 N–H and O–H groups in total. The van der Waals surface area contributed by atoms with Crippen LogP contribution in [0.15, 0.2) is 17.1 Å². The first-order valence-corrected chi connectivity index (χ1v) is 5.81. The van der Waals surface area contributed by atoms with Crippen molar-refractivity contribution in [1.29, 1.82) is 0 Å². The van der Waals surface area contributed by atoms with Crippen LogP contribution in [0.3, 0.4) is 0 Å². The predicted molar refractivity (Wildman–Crippen MR) is 60.7 cm³/mol. The minimum Gasteiger partial charge on any atom is -0.389 e. The zero-order valence-corrected chi connectivity index (χ0v) is 9.31. The van der Waals surface area contributed by atoms with Gasteiger partial charge in [0.2, 0.25) is 0 Å². The highest BCUT2D eigenvalue weighted by atomic mass is 32.1. The lowest BCUT2D eigenvalue weighted by Crippen LogP contribution is -2.16. The van der Waals surface area contributed by atoms with Gasteiger partial charge in [0.15, 0.2) is 5.13 Å². The molecule has 0 aliphatic carbocycles. The molecule has 6 heteroatoms. The summed E-state index contributed by atoms with van der Waals surface area (Å²) in [5, 5.41) is 3.70. The van der Waals surface area contributed by atoms with Crippen molar-refractivity contribution in [2.45, 2.75) is 6.54 Å². The number of hydrogen-bond donors (Lipinski definition) is 1. The molecule has 0 unspecified atom stereocenters. The number of aromatic nitrogens is 2. The van der Waals surface area contributed by atoms with Gasteiger partial charge < -0.3 is 10.6 Å². The van der Waals surface area contributed by atoms with Crippen LogP contribution in [0, 0.1) is 0 Å². The van der Waals surface area contributed by atoms with E-state index in [9.17, 15) is 0 Å². The summed E-state index contributed by atoms with van der Waals surface area (Å²) in [7, 11) is 1.98. The van der Waals surface area contributed by atoms with E-state index in [-0.39, 0.29) is 0 Å². The highest BCUT2D eigenvalue weighted by molar-refractivity contribution is 7.19. The molecule has 0 aliphatic heterocycles. The van der Waals surface area contributed by atoms with E-state index in [1.807, 2.05) is 22.8 Å². The molecular weight excluding hydrogens is 216 g/mol. The van der Waals surface area contributed by atoms with E-state index < -0.39 is 0 Å². The molecule has 2 aromatic rings. The van der Waals surface area contributed by atoms with Crippen molar-refractivity contribution in [2.75, 3.05) is 17.7 Å². The van der Waals surface area contributed by atoms with Crippen molar-refractivity contribution in [2.24, 2.45) is 0 Å². The SMILES string of the molecule is CN(Cc1cscn1)c1ncc(N)s1. The molecule has 4 nitrogen and oxygen atoms in total. The Hall–Kier alpha value is -1.14. The van der Waals surface area contributed by atoms with Crippen molar-refractivity contribution in [3.8, 4) is 0 Å². The van der Waals surface area contributed by atoms with Crippen molar-refractivity contribution in [3.63, 3.8) is 0 Å². The van der Waals surface area contributed by atoms with Crippen LogP contribution in [-0.2, 0) is 6.54 Å². The molecule has 0 fully saturated rings. The standard InChI is InChI=1S/C8H10N4S2/c1-12(3-6-4-13-5-11-6)8-10-2-7(9)14-8/h2,4-5H,3,9H2,1H3. The zero-order chi connectivity index (χ0) is 9.97. The van der Waals surface area contributed by atoms with E-state index in [2.05, 4.69) is 9.97 Å². The highest BCUT2D eigenvalue weighted by Gasteiger charge is 2.06. The van der Waals surface area contributed by atoms with Gasteiger partial charge in [-0.15, -0.1) is 11.3 Å². The molecule has 0 saturated heterocycles. The molecule has 74 valence electrons. The van der Waals surface area contributed by atoms with Gasteiger partial charge in [0.05, 0.1) is 23.9 Å². The Morgan fingerprint density at radius 3 is 2.93 bits per heavy atom. The van der Waals surface area contributed by atoms with Crippen molar-refractivity contribution in [3.05, 3.63) is 22.8 Å². The molecule has 0 saturated carbocycles. The molecule has 2 heterocycles. The molecule has 0 bridgehead atoms. The van der Waals surface area contributed by atoms with Crippen LogP contribution in [-0.4, -0.2) is 17.0 Å². The number of nitrogen functional groups attached to an aromatic ring is 1. The summed E-state index contributed by atoms with van der Waals surface area (Å²) < 4.78 is 0. The molecule has 14 heavy (non-hydrogen) atoms. The van der Waals surface area contributed by atoms with Gasteiger partial charge in [-0.2, -0.15) is 0 Å². The van der Waals surface area contributed by atoms with Gasteiger partial charge >= 0.3 is 0 Å². The van der Waals surface area contributed by atoms with Crippen LogP contribution in [0.5, 0.6) is 0 Å². The molecule has 0 atom stereocenters. The van der Waals surface area contributed by atoms with Crippen LogP contribution in [0.25, 0.3) is 0 Å². The Kier molecular flexibility index (Phi) is 2.64. The molecular formula is C8H10N4S2. The molecule has 0 radical (unpaired) electrons. The van der Waals surface area contributed by atoms with E-state index in [0.717, 1.165) is 22.4 Å². The summed E-state index contributed by atoms with van der Waals surface area (Å²) in [5.74, 6) is 0. The van der Waals surface area contributed by atoms with E-state index in [1.54, 1.807) is 17.5 Å². The largest absolute Gasteiger partial charge is 0.389 e. The van der Waals surface area contributed by atoms with Crippen molar-refractivity contribution in [1.82, 2.24) is 9.97 Å². The Labute approximate surface area is 90.0 Å². The first kappa shape index (κ1) is 9.42. The Bertz CT molecular complexity index is 395. The van der Waals surface area contributed by atoms with E-state index in [4.69, 9.17) is 5.73 Å². The zero-order valence-electron chi connectivity index (χ0n) is 7.67. The number of hydrogen-bond acceptors (Lipinski definition) is 6. The van der Waals surface area contributed by atoms with E-state index in [0.29, 0.717) is 0 Å². The van der Waals surface area contributed by atoms with Crippen LogP contribution in [0.2, 0.25) is 0 Å². The smallest absolute Gasteiger partial charge is 0.187 e. The fourth-order valence-corrected chi connectivity index (χ4v) is 2.27. The number of thiazole rings is 2. The molecule has 0 aliphatic rings. The maximum absolute atomic E-state index is 5.61. The van der Waals surface area contributed by atoms with Gasteiger partial charge in [-0.05, 0) is 0 Å². The summed E-state index contributed by atoms with van der Waals surface area (Å²) in [6.07, 6.45) is 1.68. The Morgan fingerprint density at radius 1 is 1.50 bits per heavy atom. The highest BCUT2D eigenvalue weighted by Crippen LogP contribution is 2.23. The third kappa shape index (κ3) is 2.02. The fraction of sp³-hybridized carbons (Fsp3) is 0.250. The number of nitrogens with zero attached hydrogens (tertiary/aromatic N) is 3. The van der Waals surface area contributed by atoms with Crippen LogP contribution < -0.4 is 10.6 Å².